The van der Waals surface area contributed by atoms with Gasteiger partial charge in [-0.25, -0.2) is 22.5 Å². The largest absolute Gasteiger partial charge is 0.242 e. The number of halogens is 3. The van der Waals surface area contributed by atoms with Gasteiger partial charge in [0.1, 0.15) is 15.9 Å². The molecular formula is C12H9Cl2FN2O2S. The Labute approximate surface area is 125 Å². The Bertz CT molecular complexity index is 738. The average molecular weight is 335 g/mol. The van der Waals surface area contributed by atoms with Gasteiger partial charge < -0.3 is 0 Å². The number of benzene rings is 1. The maximum Gasteiger partial charge on any atom is 0.242 e. The van der Waals surface area contributed by atoms with Crippen molar-refractivity contribution in [2.24, 2.45) is 0 Å². The van der Waals surface area contributed by atoms with E-state index in [0.717, 1.165) is 6.20 Å². The number of rotatable bonds is 4. The highest BCUT2D eigenvalue weighted by Crippen LogP contribution is 2.22. The first-order chi connectivity index (χ1) is 9.38. The third kappa shape index (κ3) is 3.67. The molecule has 1 heterocycles. The summed E-state index contributed by atoms with van der Waals surface area (Å²) in [6.45, 7) is -0.0413. The van der Waals surface area contributed by atoms with Crippen molar-refractivity contribution in [3.8, 4) is 0 Å². The molecule has 0 saturated heterocycles. The van der Waals surface area contributed by atoms with Gasteiger partial charge in [-0.15, -0.1) is 0 Å². The molecule has 0 amide bonds. The van der Waals surface area contributed by atoms with Crippen LogP contribution >= 0.6 is 23.2 Å². The van der Waals surface area contributed by atoms with Crippen LogP contribution in [0.5, 0.6) is 0 Å². The van der Waals surface area contributed by atoms with Crippen molar-refractivity contribution in [3.63, 3.8) is 0 Å². The minimum atomic E-state index is -3.79. The number of sulfonamides is 1. The molecule has 0 unspecified atom stereocenters. The molecule has 0 bridgehead atoms. The molecule has 0 saturated carbocycles. The van der Waals surface area contributed by atoms with Gasteiger partial charge in [0.25, 0.3) is 0 Å². The van der Waals surface area contributed by atoms with Gasteiger partial charge in [-0.2, -0.15) is 0 Å². The number of pyridine rings is 1. The monoisotopic (exact) mass is 334 g/mol. The normalized spacial score (nSPS) is 11.6. The Morgan fingerprint density at radius 2 is 2.00 bits per heavy atom. The van der Waals surface area contributed by atoms with Gasteiger partial charge in [0, 0.05) is 12.7 Å². The summed E-state index contributed by atoms with van der Waals surface area (Å²) in [5.74, 6) is -0.432. The number of nitrogens with one attached hydrogen (secondary N) is 1. The summed E-state index contributed by atoms with van der Waals surface area (Å²) in [6, 6.07) is 6.83. The summed E-state index contributed by atoms with van der Waals surface area (Å²) in [7, 11) is -3.79. The number of hydrogen-bond donors (Lipinski definition) is 1. The molecular weight excluding hydrogens is 326 g/mol. The quantitative estimate of drug-likeness (QED) is 0.874. The zero-order valence-electron chi connectivity index (χ0n) is 9.98. The highest BCUT2D eigenvalue weighted by atomic mass is 35.5. The van der Waals surface area contributed by atoms with E-state index in [1.54, 1.807) is 6.07 Å². The molecule has 8 heteroatoms. The lowest BCUT2D eigenvalue weighted by molar-refractivity contribution is 0.580. The van der Waals surface area contributed by atoms with Crippen molar-refractivity contribution >= 4 is 33.2 Å². The van der Waals surface area contributed by atoms with Crippen LogP contribution in [0.4, 0.5) is 4.39 Å². The SMILES string of the molecule is O=S(=O)(NCc1cccc(F)c1)c1cnc(Cl)c(Cl)c1. The number of hydrogen-bond acceptors (Lipinski definition) is 3. The standard InChI is InChI=1S/C12H9Cl2FN2O2S/c13-11-5-10(7-16-12(11)14)20(18,19)17-6-8-2-1-3-9(15)4-8/h1-5,7,17H,6H2. The van der Waals surface area contributed by atoms with Crippen LogP contribution in [0, 0.1) is 5.82 Å². The highest BCUT2D eigenvalue weighted by molar-refractivity contribution is 7.89. The second kappa shape index (κ2) is 6.05. The molecule has 0 radical (unpaired) electrons. The lowest BCUT2D eigenvalue weighted by atomic mass is 10.2. The molecule has 0 spiro atoms. The summed E-state index contributed by atoms with van der Waals surface area (Å²) in [5.41, 5.74) is 0.501. The molecule has 4 nitrogen and oxygen atoms in total. The highest BCUT2D eigenvalue weighted by Gasteiger charge is 2.16. The molecule has 0 aliphatic heterocycles. The predicted molar refractivity (Wildman–Crippen MR) is 74.7 cm³/mol. The fourth-order valence-electron chi connectivity index (χ4n) is 1.46. The fraction of sp³-hybridized carbons (Fsp3) is 0.0833. The summed E-state index contributed by atoms with van der Waals surface area (Å²) in [5, 5.41) is 0.0658. The maximum absolute atomic E-state index is 13.0. The van der Waals surface area contributed by atoms with Gasteiger partial charge in [-0.1, -0.05) is 35.3 Å². The van der Waals surface area contributed by atoms with Crippen LogP contribution in [0.25, 0.3) is 0 Å². The van der Waals surface area contributed by atoms with Crippen LogP contribution in [0.3, 0.4) is 0 Å². The molecule has 0 atom stereocenters. The van der Waals surface area contributed by atoms with E-state index in [-0.39, 0.29) is 21.6 Å². The number of nitrogens with zero attached hydrogens (tertiary/aromatic N) is 1. The van der Waals surface area contributed by atoms with Crippen LogP contribution < -0.4 is 4.72 Å². The molecule has 1 N–H and O–H groups in total. The van der Waals surface area contributed by atoms with Crippen LogP contribution in [-0.2, 0) is 16.6 Å². The molecule has 106 valence electrons. The maximum atomic E-state index is 13.0. The van der Waals surface area contributed by atoms with E-state index in [9.17, 15) is 12.8 Å². The van der Waals surface area contributed by atoms with E-state index >= 15 is 0 Å². The van der Waals surface area contributed by atoms with Gasteiger partial charge in [-0.05, 0) is 23.8 Å². The molecule has 0 fully saturated rings. The Morgan fingerprint density at radius 3 is 2.65 bits per heavy atom. The minimum Gasteiger partial charge on any atom is -0.242 e. The van der Waals surface area contributed by atoms with E-state index in [4.69, 9.17) is 23.2 Å². The zero-order valence-corrected chi connectivity index (χ0v) is 12.3. The van der Waals surface area contributed by atoms with E-state index in [0.29, 0.717) is 5.56 Å². The van der Waals surface area contributed by atoms with Crippen molar-refractivity contribution in [1.29, 1.82) is 0 Å². The van der Waals surface area contributed by atoms with Gasteiger partial charge >= 0.3 is 0 Å². The molecule has 2 aromatic rings. The van der Waals surface area contributed by atoms with Crippen LogP contribution in [0.15, 0.2) is 41.4 Å². The fourth-order valence-corrected chi connectivity index (χ4v) is 2.78. The molecule has 0 aliphatic carbocycles. The smallest absolute Gasteiger partial charge is 0.242 e. The van der Waals surface area contributed by atoms with E-state index in [2.05, 4.69) is 9.71 Å². The van der Waals surface area contributed by atoms with Crippen LogP contribution in [-0.4, -0.2) is 13.4 Å². The third-order valence-electron chi connectivity index (χ3n) is 2.44. The lowest BCUT2D eigenvalue weighted by Gasteiger charge is -2.07. The average Bonchev–Trinajstić information content (AvgIpc) is 2.40. The van der Waals surface area contributed by atoms with Crippen LogP contribution in [0.1, 0.15) is 5.56 Å². The second-order valence-corrected chi connectivity index (χ2v) is 6.43. The summed E-state index contributed by atoms with van der Waals surface area (Å²) in [4.78, 5) is 3.56. The first-order valence-electron chi connectivity index (χ1n) is 5.43. The van der Waals surface area contributed by atoms with Crippen molar-refractivity contribution in [2.45, 2.75) is 11.4 Å². The van der Waals surface area contributed by atoms with Gasteiger partial charge in [0.05, 0.1) is 5.02 Å². The van der Waals surface area contributed by atoms with Gasteiger partial charge in [-0.3, -0.25) is 0 Å². The topological polar surface area (TPSA) is 59.1 Å². The number of aromatic nitrogens is 1. The van der Waals surface area contributed by atoms with E-state index in [1.165, 1.54) is 24.3 Å². The lowest BCUT2D eigenvalue weighted by Crippen LogP contribution is -2.23. The van der Waals surface area contributed by atoms with E-state index in [1.807, 2.05) is 0 Å². The zero-order chi connectivity index (χ0) is 14.8. The first kappa shape index (κ1) is 15.2. The molecule has 0 aliphatic rings. The Balaban J connectivity index is 2.17. The molecule has 1 aromatic carbocycles. The second-order valence-electron chi connectivity index (χ2n) is 3.90. The van der Waals surface area contributed by atoms with Crippen molar-refractivity contribution < 1.29 is 12.8 Å². The summed E-state index contributed by atoms with van der Waals surface area (Å²) in [6.07, 6.45) is 1.10. The molecule has 20 heavy (non-hydrogen) atoms. The van der Waals surface area contributed by atoms with Gasteiger partial charge in [0.2, 0.25) is 10.0 Å². The van der Waals surface area contributed by atoms with Gasteiger partial charge in [0.15, 0.2) is 0 Å². The Morgan fingerprint density at radius 1 is 1.25 bits per heavy atom. The van der Waals surface area contributed by atoms with Crippen LogP contribution in [0.2, 0.25) is 10.2 Å². The Kier molecular flexibility index (Phi) is 4.59. The predicted octanol–water partition coefficient (Wildman–Crippen LogP) is 3.01. The van der Waals surface area contributed by atoms with Crippen molar-refractivity contribution in [1.82, 2.24) is 9.71 Å². The summed E-state index contributed by atoms with van der Waals surface area (Å²) >= 11 is 11.3. The minimum absolute atomic E-state index is 0.0238. The summed E-state index contributed by atoms with van der Waals surface area (Å²) < 4.78 is 39.3. The van der Waals surface area contributed by atoms with E-state index < -0.39 is 15.8 Å². The first-order valence-corrected chi connectivity index (χ1v) is 7.67. The Hall–Kier alpha value is -1.21. The third-order valence-corrected chi connectivity index (χ3v) is 4.49. The van der Waals surface area contributed by atoms with Crippen molar-refractivity contribution in [3.05, 3.63) is 58.1 Å². The molecule has 1 aromatic heterocycles. The van der Waals surface area contributed by atoms with Crippen molar-refractivity contribution in [2.75, 3.05) is 0 Å². The molecule has 2 rings (SSSR count).